The predicted octanol–water partition coefficient (Wildman–Crippen LogP) is 4.03. The Morgan fingerprint density at radius 3 is 2.27 bits per heavy atom. The van der Waals surface area contributed by atoms with Gasteiger partial charge in [-0.2, -0.15) is 0 Å². The number of aromatic nitrogens is 1. The molecule has 1 aromatic heterocycles. The highest BCUT2D eigenvalue weighted by Gasteiger charge is 2.30. The van der Waals surface area contributed by atoms with Crippen LogP contribution in [-0.2, 0) is 9.59 Å². The number of anilines is 2. The van der Waals surface area contributed by atoms with Gasteiger partial charge in [0.2, 0.25) is 11.8 Å². The van der Waals surface area contributed by atoms with Crippen molar-refractivity contribution in [2.45, 2.75) is 19.8 Å². The summed E-state index contributed by atoms with van der Waals surface area (Å²) in [5.41, 5.74) is 2.64. The number of aryl methyl sites for hydroxylation is 1. The minimum Gasteiger partial charge on any atom is -0.497 e. The van der Waals surface area contributed by atoms with Crippen molar-refractivity contribution >= 4 is 39.9 Å². The number of carbonyl (C=O) groups excluding carboxylic acids is 3. The molecule has 1 aliphatic rings. The van der Waals surface area contributed by atoms with E-state index in [1.807, 2.05) is 31.2 Å². The maximum atomic E-state index is 12.6. The molecule has 30 heavy (non-hydrogen) atoms. The lowest BCUT2D eigenvalue weighted by Crippen LogP contribution is -2.28. The molecule has 0 unspecified atom stereocenters. The van der Waals surface area contributed by atoms with Crippen LogP contribution in [0.15, 0.2) is 48.5 Å². The Hall–Kier alpha value is -3.52. The van der Waals surface area contributed by atoms with Crippen LogP contribution in [0.1, 0.15) is 28.1 Å². The van der Waals surface area contributed by atoms with E-state index in [1.165, 1.54) is 11.3 Å². The maximum absolute atomic E-state index is 12.6. The molecule has 0 atom stereocenters. The van der Waals surface area contributed by atoms with Gasteiger partial charge in [-0.25, -0.2) is 4.98 Å². The number of imide groups is 1. The molecule has 152 valence electrons. The zero-order valence-electron chi connectivity index (χ0n) is 16.5. The van der Waals surface area contributed by atoms with Crippen molar-refractivity contribution in [3.63, 3.8) is 0 Å². The number of benzene rings is 2. The lowest BCUT2D eigenvalue weighted by molar-refractivity contribution is -0.121. The van der Waals surface area contributed by atoms with Crippen LogP contribution in [0.5, 0.6) is 5.75 Å². The number of ether oxygens (including phenoxy) is 1. The van der Waals surface area contributed by atoms with Gasteiger partial charge in [0.25, 0.3) is 5.91 Å². The summed E-state index contributed by atoms with van der Waals surface area (Å²) in [6.45, 7) is 1.95. The first kappa shape index (κ1) is 19.8. The van der Waals surface area contributed by atoms with E-state index in [9.17, 15) is 14.4 Å². The van der Waals surface area contributed by atoms with Crippen molar-refractivity contribution in [3.8, 4) is 17.0 Å². The second kappa shape index (κ2) is 8.08. The van der Waals surface area contributed by atoms with Crippen molar-refractivity contribution in [3.05, 3.63) is 59.0 Å². The van der Waals surface area contributed by atoms with E-state index in [4.69, 9.17) is 4.74 Å². The zero-order valence-corrected chi connectivity index (χ0v) is 17.3. The van der Waals surface area contributed by atoms with Crippen LogP contribution in [-0.4, -0.2) is 29.8 Å². The Balaban J connectivity index is 1.49. The maximum Gasteiger partial charge on any atom is 0.257 e. The van der Waals surface area contributed by atoms with E-state index in [-0.39, 0.29) is 30.6 Å². The monoisotopic (exact) mass is 421 g/mol. The van der Waals surface area contributed by atoms with Crippen molar-refractivity contribution in [2.24, 2.45) is 0 Å². The normalized spacial score (nSPS) is 13.6. The number of nitrogens with one attached hydrogen (secondary N) is 1. The number of methoxy groups -OCH3 is 1. The van der Waals surface area contributed by atoms with Crippen molar-refractivity contribution < 1.29 is 19.1 Å². The van der Waals surface area contributed by atoms with Crippen molar-refractivity contribution in [1.29, 1.82) is 0 Å². The number of amides is 3. The van der Waals surface area contributed by atoms with Crippen molar-refractivity contribution in [1.82, 2.24) is 4.98 Å². The third-order valence-electron chi connectivity index (χ3n) is 4.82. The fraction of sp³-hybridized carbons (Fsp3) is 0.182. The first-order valence-electron chi connectivity index (χ1n) is 9.35. The lowest BCUT2D eigenvalue weighted by Gasteiger charge is -2.13. The molecule has 0 spiro atoms. The fourth-order valence-corrected chi connectivity index (χ4v) is 4.09. The number of thiazole rings is 1. The molecule has 2 aromatic carbocycles. The number of hydrogen-bond acceptors (Lipinski definition) is 6. The molecule has 1 fully saturated rings. The Kier molecular flexibility index (Phi) is 5.33. The van der Waals surface area contributed by atoms with Crippen LogP contribution in [0.25, 0.3) is 11.3 Å². The second-order valence-corrected chi connectivity index (χ2v) is 7.98. The van der Waals surface area contributed by atoms with Gasteiger partial charge >= 0.3 is 0 Å². The van der Waals surface area contributed by atoms with Crippen LogP contribution in [0.2, 0.25) is 0 Å². The SMILES string of the molecule is COc1ccc(-c2nc(NC(=O)c3ccc(N4C(=O)CCC4=O)cc3)sc2C)cc1. The molecule has 1 aliphatic heterocycles. The molecule has 0 saturated carbocycles. The fourth-order valence-electron chi connectivity index (χ4n) is 3.26. The standard InChI is InChI=1S/C22H19N3O4S/c1-13-20(14-5-9-17(29-2)10-6-14)23-22(30-13)24-21(28)15-3-7-16(8-4-15)25-18(26)11-12-19(25)27/h3-10H,11-12H2,1-2H3,(H,23,24,28). The Labute approximate surface area is 177 Å². The van der Waals surface area contributed by atoms with Gasteiger partial charge in [0.1, 0.15) is 5.75 Å². The summed E-state index contributed by atoms with van der Waals surface area (Å²) >= 11 is 1.39. The van der Waals surface area contributed by atoms with Gasteiger partial charge in [-0.3, -0.25) is 24.6 Å². The van der Waals surface area contributed by atoms with Crippen LogP contribution in [0, 0.1) is 6.92 Å². The summed E-state index contributed by atoms with van der Waals surface area (Å²) in [7, 11) is 1.62. The summed E-state index contributed by atoms with van der Waals surface area (Å²) in [6, 6.07) is 14.0. The van der Waals surface area contributed by atoms with Gasteiger partial charge in [0, 0.05) is 28.8 Å². The van der Waals surface area contributed by atoms with Crippen molar-refractivity contribution in [2.75, 3.05) is 17.3 Å². The molecule has 0 radical (unpaired) electrons. The third-order valence-corrected chi connectivity index (χ3v) is 5.71. The summed E-state index contributed by atoms with van der Waals surface area (Å²) in [4.78, 5) is 43.0. The number of carbonyl (C=O) groups is 3. The van der Waals surface area contributed by atoms with Crippen LogP contribution < -0.4 is 15.0 Å². The molecular weight excluding hydrogens is 402 g/mol. The minimum absolute atomic E-state index is 0.221. The Morgan fingerprint density at radius 1 is 1.03 bits per heavy atom. The van der Waals surface area contributed by atoms with E-state index >= 15 is 0 Å². The minimum atomic E-state index is -0.310. The number of nitrogens with zero attached hydrogens (tertiary/aromatic N) is 2. The van der Waals surface area contributed by atoms with E-state index < -0.39 is 0 Å². The first-order valence-corrected chi connectivity index (χ1v) is 10.2. The average Bonchev–Trinajstić information content (AvgIpc) is 3.29. The van der Waals surface area contributed by atoms with Crippen LogP contribution in [0.4, 0.5) is 10.8 Å². The Morgan fingerprint density at radius 2 is 1.67 bits per heavy atom. The van der Waals surface area contributed by atoms with Crippen LogP contribution >= 0.6 is 11.3 Å². The number of hydrogen-bond donors (Lipinski definition) is 1. The zero-order chi connectivity index (χ0) is 21.3. The van der Waals surface area contributed by atoms with E-state index in [0.717, 1.165) is 26.8 Å². The van der Waals surface area contributed by atoms with Gasteiger partial charge in [-0.1, -0.05) is 0 Å². The quantitative estimate of drug-likeness (QED) is 0.629. The molecule has 4 rings (SSSR count). The van der Waals surface area contributed by atoms with E-state index in [1.54, 1.807) is 31.4 Å². The summed E-state index contributed by atoms with van der Waals surface area (Å²) in [5, 5.41) is 3.31. The third kappa shape index (κ3) is 3.81. The highest BCUT2D eigenvalue weighted by Crippen LogP contribution is 2.31. The topological polar surface area (TPSA) is 88.6 Å². The van der Waals surface area contributed by atoms with E-state index in [0.29, 0.717) is 16.4 Å². The molecule has 0 aliphatic carbocycles. The molecule has 1 N–H and O–H groups in total. The molecule has 3 aromatic rings. The van der Waals surface area contributed by atoms with Gasteiger partial charge < -0.3 is 4.74 Å². The predicted molar refractivity (Wildman–Crippen MR) is 115 cm³/mol. The summed E-state index contributed by atoms with van der Waals surface area (Å²) < 4.78 is 5.18. The molecule has 7 nitrogen and oxygen atoms in total. The van der Waals surface area contributed by atoms with Crippen LogP contribution in [0.3, 0.4) is 0 Å². The van der Waals surface area contributed by atoms with Gasteiger partial charge in [-0.05, 0) is 55.5 Å². The summed E-state index contributed by atoms with van der Waals surface area (Å²) in [6.07, 6.45) is 0.446. The largest absolute Gasteiger partial charge is 0.497 e. The molecule has 3 amide bonds. The highest BCUT2D eigenvalue weighted by atomic mass is 32.1. The van der Waals surface area contributed by atoms with Gasteiger partial charge in [-0.15, -0.1) is 11.3 Å². The molecule has 2 heterocycles. The molecular formula is C22H19N3O4S. The Bertz CT molecular complexity index is 1100. The number of rotatable bonds is 5. The second-order valence-electron chi connectivity index (χ2n) is 6.78. The average molecular weight is 421 g/mol. The smallest absolute Gasteiger partial charge is 0.257 e. The first-order chi connectivity index (χ1) is 14.5. The van der Waals surface area contributed by atoms with E-state index in [2.05, 4.69) is 10.3 Å². The van der Waals surface area contributed by atoms with Gasteiger partial charge in [0.15, 0.2) is 5.13 Å². The van der Waals surface area contributed by atoms with Gasteiger partial charge in [0.05, 0.1) is 18.5 Å². The molecule has 8 heteroatoms. The highest BCUT2D eigenvalue weighted by molar-refractivity contribution is 7.16. The molecule has 0 bridgehead atoms. The molecule has 1 saturated heterocycles. The lowest BCUT2D eigenvalue weighted by atomic mass is 10.1. The summed E-state index contributed by atoms with van der Waals surface area (Å²) in [5.74, 6) is 0.0136.